The summed E-state index contributed by atoms with van der Waals surface area (Å²) in [6.07, 6.45) is 0. The summed E-state index contributed by atoms with van der Waals surface area (Å²) in [4.78, 5) is 27.3. The summed E-state index contributed by atoms with van der Waals surface area (Å²) in [5.41, 5.74) is 3.22. The van der Waals surface area contributed by atoms with Crippen LogP contribution in [0, 0.1) is 35.3 Å². The van der Waals surface area contributed by atoms with Crippen LogP contribution in [0.2, 0.25) is 0 Å². The molecule has 0 unspecified atom stereocenters. The standard InChI is InChI=1S/C21H16N4O3/c1-13-14(2)23-20(18(12-22)19(13)15-7-4-3-5-8-15)24-21(26)16-9-6-10-17(11-16)25(27)28/h3-11H,1-2H3,(H,23,24,26). The van der Waals surface area contributed by atoms with Crippen molar-refractivity contribution in [3.05, 3.63) is 87.1 Å². The number of anilines is 1. The van der Waals surface area contributed by atoms with E-state index in [0.29, 0.717) is 11.3 Å². The van der Waals surface area contributed by atoms with Gasteiger partial charge in [-0.2, -0.15) is 5.26 Å². The number of benzene rings is 2. The van der Waals surface area contributed by atoms with E-state index in [1.165, 1.54) is 24.3 Å². The van der Waals surface area contributed by atoms with Crippen LogP contribution in [0.5, 0.6) is 0 Å². The van der Waals surface area contributed by atoms with Crippen molar-refractivity contribution in [2.24, 2.45) is 0 Å². The van der Waals surface area contributed by atoms with Gasteiger partial charge >= 0.3 is 0 Å². The molecule has 0 spiro atoms. The molecule has 0 aliphatic rings. The summed E-state index contributed by atoms with van der Waals surface area (Å²) in [5.74, 6) is -0.448. The molecule has 0 atom stereocenters. The van der Waals surface area contributed by atoms with Crippen LogP contribution in [-0.4, -0.2) is 15.8 Å². The van der Waals surface area contributed by atoms with Crippen molar-refractivity contribution in [3.63, 3.8) is 0 Å². The largest absolute Gasteiger partial charge is 0.305 e. The van der Waals surface area contributed by atoms with Crippen LogP contribution in [0.4, 0.5) is 11.5 Å². The first-order valence-corrected chi connectivity index (χ1v) is 8.45. The second-order valence-electron chi connectivity index (χ2n) is 6.16. The monoisotopic (exact) mass is 372 g/mol. The zero-order valence-electron chi connectivity index (χ0n) is 15.3. The van der Waals surface area contributed by atoms with Gasteiger partial charge in [-0.15, -0.1) is 0 Å². The molecule has 0 bridgehead atoms. The average Bonchev–Trinajstić information content (AvgIpc) is 2.71. The summed E-state index contributed by atoms with van der Waals surface area (Å²) in [6, 6.07) is 16.9. The first kappa shape index (κ1) is 18.7. The van der Waals surface area contributed by atoms with E-state index in [2.05, 4.69) is 16.4 Å². The minimum Gasteiger partial charge on any atom is -0.305 e. The fraction of sp³-hybridized carbons (Fsp3) is 0.0952. The van der Waals surface area contributed by atoms with Gasteiger partial charge in [0.2, 0.25) is 0 Å². The van der Waals surface area contributed by atoms with E-state index in [1.54, 1.807) is 6.92 Å². The van der Waals surface area contributed by atoms with Crippen molar-refractivity contribution in [1.29, 1.82) is 5.26 Å². The minimum atomic E-state index is -0.574. The number of rotatable bonds is 4. The zero-order valence-corrected chi connectivity index (χ0v) is 15.3. The number of aromatic nitrogens is 1. The topological polar surface area (TPSA) is 109 Å². The minimum absolute atomic E-state index is 0.111. The number of carbonyl (C=O) groups is 1. The molecule has 1 amide bonds. The summed E-state index contributed by atoms with van der Waals surface area (Å²) in [5, 5.41) is 23.3. The average molecular weight is 372 g/mol. The van der Waals surface area contributed by atoms with E-state index in [9.17, 15) is 20.2 Å². The lowest BCUT2D eigenvalue weighted by atomic mass is 9.95. The van der Waals surface area contributed by atoms with Gasteiger partial charge in [0.25, 0.3) is 11.6 Å². The van der Waals surface area contributed by atoms with Crippen LogP contribution < -0.4 is 5.32 Å². The fourth-order valence-electron chi connectivity index (χ4n) is 2.90. The number of carbonyl (C=O) groups excluding carboxylic acids is 1. The van der Waals surface area contributed by atoms with Crippen molar-refractivity contribution >= 4 is 17.4 Å². The molecule has 1 N–H and O–H groups in total. The number of hydrogen-bond donors (Lipinski definition) is 1. The van der Waals surface area contributed by atoms with Crippen LogP contribution in [0.3, 0.4) is 0 Å². The smallest absolute Gasteiger partial charge is 0.270 e. The third kappa shape index (κ3) is 3.57. The van der Waals surface area contributed by atoms with Crippen molar-refractivity contribution < 1.29 is 9.72 Å². The maximum absolute atomic E-state index is 12.6. The SMILES string of the molecule is Cc1nc(NC(=O)c2cccc([N+](=O)[O-])c2)c(C#N)c(-c2ccccc2)c1C. The number of nitro groups is 1. The van der Waals surface area contributed by atoms with Gasteiger partial charge in [-0.05, 0) is 31.0 Å². The van der Waals surface area contributed by atoms with Gasteiger partial charge in [0.15, 0.2) is 5.82 Å². The van der Waals surface area contributed by atoms with Gasteiger partial charge in [-0.25, -0.2) is 4.98 Å². The van der Waals surface area contributed by atoms with Crippen molar-refractivity contribution in [2.45, 2.75) is 13.8 Å². The molecule has 0 saturated heterocycles. The first-order valence-electron chi connectivity index (χ1n) is 8.45. The third-order valence-corrected chi connectivity index (χ3v) is 4.41. The lowest BCUT2D eigenvalue weighted by Gasteiger charge is -2.15. The highest BCUT2D eigenvalue weighted by atomic mass is 16.6. The Morgan fingerprint density at radius 1 is 1.14 bits per heavy atom. The summed E-state index contributed by atoms with van der Waals surface area (Å²) >= 11 is 0. The van der Waals surface area contributed by atoms with Gasteiger partial charge in [-0.1, -0.05) is 36.4 Å². The molecule has 28 heavy (non-hydrogen) atoms. The number of nitro benzene ring substituents is 1. The maximum Gasteiger partial charge on any atom is 0.270 e. The number of non-ortho nitro benzene ring substituents is 1. The summed E-state index contributed by atoms with van der Waals surface area (Å²) in [7, 11) is 0. The Hall–Kier alpha value is -4.05. The van der Waals surface area contributed by atoms with Gasteiger partial charge in [0.05, 0.1) is 4.92 Å². The second kappa shape index (κ2) is 7.68. The number of pyridine rings is 1. The Bertz CT molecular complexity index is 1120. The predicted octanol–water partition coefficient (Wildman–Crippen LogP) is 4.40. The Morgan fingerprint density at radius 3 is 2.50 bits per heavy atom. The highest BCUT2D eigenvalue weighted by Crippen LogP contribution is 2.32. The molecule has 1 aromatic heterocycles. The number of amides is 1. The molecule has 3 aromatic rings. The highest BCUT2D eigenvalue weighted by molar-refractivity contribution is 6.05. The Balaban J connectivity index is 2.07. The van der Waals surface area contributed by atoms with Gasteiger partial charge in [-0.3, -0.25) is 14.9 Å². The van der Waals surface area contributed by atoms with Gasteiger partial charge < -0.3 is 5.32 Å². The van der Waals surface area contributed by atoms with Gasteiger partial charge in [0.1, 0.15) is 11.6 Å². The number of nitriles is 1. The Kier molecular flexibility index (Phi) is 5.14. The van der Waals surface area contributed by atoms with E-state index in [0.717, 1.165) is 11.1 Å². The van der Waals surface area contributed by atoms with Crippen molar-refractivity contribution in [1.82, 2.24) is 4.98 Å². The molecule has 138 valence electrons. The number of nitrogens with one attached hydrogen (secondary N) is 1. The summed E-state index contributed by atoms with van der Waals surface area (Å²) < 4.78 is 0. The quantitative estimate of drug-likeness (QED) is 0.539. The van der Waals surface area contributed by atoms with Crippen LogP contribution in [0.1, 0.15) is 27.2 Å². The van der Waals surface area contributed by atoms with E-state index in [4.69, 9.17) is 0 Å². The number of hydrogen-bond acceptors (Lipinski definition) is 5. The predicted molar refractivity (Wildman–Crippen MR) is 105 cm³/mol. The molecular weight excluding hydrogens is 356 g/mol. The maximum atomic E-state index is 12.6. The van der Waals surface area contributed by atoms with E-state index in [1.807, 2.05) is 37.3 Å². The lowest BCUT2D eigenvalue weighted by Crippen LogP contribution is -2.15. The summed E-state index contributed by atoms with van der Waals surface area (Å²) in [6.45, 7) is 3.67. The van der Waals surface area contributed by atoms with Crippen LogP contribution in [0.25, 0.3) is 11.1 Å². The van der Waals surface area contributed by atoms with Crippen LogP contribution in [-0.2, 0) is 0 Å². The van der Waals surface area contributed by atoms with E-state index < -0.39 is 10.8 Å². The van der Waals surface area contributed by atoms with Crippen molar-refractivity contribution in [2.75, 3.05) is 5.32 Å². The Labute approximate surface area is 161 Å². The fourth-order valence-corrected chi connectivity index (χ4v) is 2.90. The molecule has 2 aromatic carbocycles. The number of aryl methyl sites for hydroxylation is 1. The second-order valence-corrected chi connectivity index (χ2v) is 6.16. The highest BCUT2D eigenvalue weighted by Gasteiger charge is 2.20. The van der Waals surface area contributed by atoms with Gasteiger partial charge in [0, 0.05) is 29.0 Å². The molecule has 3 rings (SSSR count). The third-order valence-electron chi connectivity index (χ3n) is 4.41. The van der Waals surface area contributed by atoms with Crippen LogP contribution in [0.15, 0.2) is 54.6 Å². The first-order chi connectivity index (χ1) is 13.4. The van der Waals surface area contributed by atoms with Crippen molar-refractivity contribution in [3.8, 4) is 17.2 Å². The lowest BCUT2D eigenvalue weighted by molar-refractivity contribution is -0.384. The molecule has 7 heteroatoms. The Morgan fingerprint density at radius 2 is 1.86 bits per heavy atom. The molecule has 0 fully saturated rings. The molecular formula is C21H16N4O3. The molecule has 0 aliphatic carbocycles. The molecule has 0 radical (unpaired) electrons. The van der Waals surface area contributed by atoms with E-state index >= 15 is 0 Å². The normalized spacial score (nSPS) is 10.2. The molecule has 1 heterocycles. The molecule has 0 saturated carbocycles. The number of nitrogens with zero attached hydrogens (tertiary/aromatic N) is 3. The zero-order chi connectivity index (χ0) is 20.3. The molecule has 7 nitrogen and oxygen atoms in total. The van der Waals surface area contributed by atoms with E-state index in [-0.39, 0.29) is 22.6 Å². The molecule has 0 aliphatic heterocycles. The van der Waals surface area contributed by atoms with Crippen LogP contribution >= 0.6 is 0 Å².